The second kappa shape index (κ2) is 8.07. The van der Waals surface area contributed by atoms with E-state index in [1.807, 2.05) is 0 Å². The molecule has 6 atom stereocenters. The zero-order chi connectivity index (χ0) is 24.6. The van der Waals surface area contributed by atoms with Crippen LogP contribution < -0.4 is 0 Å². The highest BCUT2D eigenvalue weighted by Crippen LogP contribution is 2.66. The third kappa shape index (κ3) is 3.59. The van der Waals surface area contributed by atoms with Crippen molar-refractivity contribution in [3.63, 3.8) is 0 Å². The van der Waals surface area contributed by atoms with Gasteiger partial charge in [0.25, 0.3) is 0 Å². The molecule has 186 valence electrons. The Hall–Kier alpha value is -1.86. The maximum absolute atomic E-state index is 2.73. The Labute approximate surface area is 213 Å². The number of fused-ring (bicyclic) bond motifs is 6. The average Bonchev–Trinajstić information content (AvgIpc) is 3.19. The van der Waals surface area contributed by atoms with Gasteiger partial charge in [-0.2, -0.15) is 0 Å². The zero-order valence-corrected chi connectivity index (χ0v) is 22.9. The average molecular weight is 468 g/mol. The first-order valence-corrected chi connectivity index (χ1v) is 14.2. The monoisotopic (exact) mass is 467 g/mol. The molecule has 35 heavy (non-hydrogen) atoms. The molecule has 0 spiro atoms. The number of allylic oxidation sites excluding steroid dienone is 3. The standard InChI is InChI=1S/C34H45N/c1-32(2,3)35(6)27-17-19-33(4)26(22-27)13-14-28-30-16-15-29(34(30,5)20-18-31(28)33)25-12-11-23-9-7-8-10-24(23)21-25/h7-13,15,21,27-28,30-31H,14,16-20,22H2,1-6H3/t27-,28-,30-,31-,33-,34+/m0/s1. The third-order valence-electron chi connectivity index (χ3n) is 11.3. The first-order chi connectivity index (χ1) is 16.6. The second-order valence-corrected chi connectivity index (χ2v) is 13.8. The second-order valence-electron chi connectivity index (χ2n) is 13.8. The molecule has 4 aliphatic rings. The van der Waals surface area contributed by atoms with Gasteiger partial charge in [0.05, 0.1) is 0 Å². The molecule has 4 aliphatic carbocycles. The first kappa shape index (κ1) is 23.5. The SMILES string of the molecule is CN([C@H]1CC[C@@]2(C)C(=CC[C@@H]3[C@@H]2CC[C@]2(C)C(c4ccc5ccccc5c4)=CC[C@@H]32)C1)C(C)(C)C. The van der Waals surface area contributed by atoms with E-state index in [-0.39, 0.29) is 5.54 Å². The Balaban J connectivity index is 1.27. The number of rotatable bonds is 2. The summed E-state index contributed by atoms with van der Waals surface area (Å²) >= 11 is 0. The van der Waals surface area contributed by atoms with Gasteiger partial charge in [-0.3, -0.25) is 4.90 Å². The summed E-state index contributed by atoms with van der Waals surface area (Å²) in [7, 11) is 2.35. The summed E-state index contributed by atoms with van der Waals surface area (Å²) in [5.74, 6) is 2.51. The predicted octanol–water partition coefficient (Wildman–Crippen LogP) is 8.89. The highest BCUT2D eigenvalue weighted by molar-refractivity contribution is 5.87. The summed E-state index contributed by atoms with van der Waals surface area (Å²) in [6, 6.07) is 16.7. The molecule has 0 N–H and O–H groups in total. The molecule has 0 amide bonds. The Kier molecular flexibility index (Phi) is 5.43. The third-order valence-corrected chi connectivity index (χ3v) is 11.3. The minimum absolute atomic E-state index is 0.248. The first-order valence-electron chi connectivity index (χ1n) is 14.2. The summed E-state index contributed by atoms with van der Waals surface area (Å²) < 4.78 is 0. The topological polar surface area (TPSA) is 3.24 Å². The Morgan fingerprint density at radius 1 is 0.829 bits per heavy atom. The van der Waals surface area contributed by atoms with E-state index in [1.165, 1.54) is 61.3 Å². The van der Waals surface area contributed by atoms with Crippen LogP contribution in [0.3, 0.4) is 0 Å². The van der Waals surface area contributed by atoms with E-state index in [0.29, 0.717) is 16.9 Å². The van der Waals surface area contributed by atoms with Crippen LogP contribution >= 0.6 is 0 Å². The van der Waals surface area contributed by atoms with E-state index in [9.17, 15) is 0 Å². The molecule has 0 aromatic heterocycles. The number of hydrogen-bond donors (Lipinski definition) is 0. The lowest BCUT2D eigenvalue weighted by Gasteiger charge is -2.59. The molecule has 2 fully saturated rings. The number of benzene rings is 2. The van der Waals surface area contributed by atoms with Gasteiger partial charge in [0.15, 0.2) is 0 Å². The molecule has 2 saturated carbocycles. The fourth-order valence-corrected chi connectivity index (χ4v) is 8.89. The molecule has 0 heterocycles. The van der Waals surface area contributed by atoms with Crippen LogP contribution in [0.15, 0.2) is 60.2 Å². The van der Waals surface area contributed by atoms with Crippen molar-refractivity contribution in [3.8, 4) is 0 Å². The maximum atomic E-state index is 2.73. The Morgan fingerprint density at radius 2 is 1.57 bits per heavy atom. The fraction of sp³-hybridized carbons (Fsp3) is 0.588. The molecule has 0 unspecified atom stereocenters. The van der Waals surface area contributed by atoms with Crippen molar-refractivity contribution in [2.45, 2.75) is 91.1 Å². The van der Waals surface area contributed by atoms with E-state index < -0.39 is 0 Å². The van der Waals surface area contributed by atoms with Gasteiger partial charge in [-0.1, -0.05) is 68.0 Å². The van der Waals surface area contributed by atoms with Crippen LogP contribution in [-0.4, -0.2) is 23.5 Å². The van der Waals surface area contributed by atoms with Gasteiger partial charge in [0, 0.05) is 11.6 Å². The number of nitrogens with zero attached hydrogens (tertiary/aromatic N) is 1. The van der Waals surface area contributed by atoms with Crippen LogP contribution in [0.1, 0.15) is 85.1 Å². The van der Waals surface area contributed by atoms with Gasteiger partial charge in [-0.25, -0.2) is 0 Å². The van der Waals surface area contributed by atoms with Crippen molar-refractivity contribution in [1.82, 2.24) is 4.90 Å². The van der Waals surface area contributed by atoms with E-state index in [0.717, 1.165) is 17.8 Å². The molecule has 2 aromatic rings. The van der Waals surface area contributed by atoms with E-state index >= 15 is 0 Å². The maximum Gasteiger partial charge on any atom is 0.0135 e. The van der Waals surface area contributed by atoms with Crippen molar-refractivity contribution < 1.29 is 0 Å². The van der Waals surface area contributed by atoms with Crippen LogP contribution in [0.25, 0.3) is 16.3 Å². The van der Waals surface area contributed by atoms with Gasteiger partial charge in [0.1, 0.15) is 0 Å². The molecule has 0 saturated heterocycles. The van der Waals surface area contributed by atoms with Crippen molar-refractivity contribution in [2.75, 3.05) is 7.05 Å². The largest absolute Gasteiger partial charge is 0.298 e. The van der Waals surface area contributed by atoms with Gasteiger partial charge in [-0.15, -0.1) is 0 Å². The molecule has 1 nitrogen and oxygen atoms in total. The highest BCUT2D eigenvalue weighted by atomic mass is 15.2. The summed E-state index contributed by atoms with van der Waals surface area (Å²) in [5.41, 5.74) is 5.91. The molecular weight excluding hydrogens is 422 g/mol. The van der Waals surface area contributed by atoms with Crippen molar-refractivity contribution in [3.05, 3.63) is 65.8 Å². The van der Waals surface area contributed by atoms with Crippen LogP contribution in [-0.2, 0) is 0 Å². The molecule has 0 bridgehead atoms. The molecule has 2 aromatic carbocycles. The quantitative estimate of drug-likeness (QED) is 0.399. The molecular formula is C34H45N. The summed E-state index contributed by atoms with van der Waals surface area (Å²) in [5, 5.41) is 2.73. The zero-order valence-electron chi connectivity index (χ0n) is 22.9. The Morgan fingerprint density at radius 3 is 2.34 bits per heavy atom. The summed E-state index contributed by atoms with van der Waals surface area (Å²) in [4.78, 5) is 2.65. The lowest BCUT2D eigenvalue weighted by atomic mass is 9.47. The van der Waals surface area contributed by atoms with Gasteiger partial charge in [0.2, 0.25) is 0 Å². The smallest absolute Gasteiger partial charge is 0.0135 e. The van der Waals surface area contributed by atoms with E-state index in [4.69, 9.17) is 0 Å². The molecule has 0 aliphatic heterocycles. The highest BCUT2D eigenvalue weighted by Gasteiger charge is 2.57. The normalized spacial score (nSPS) is 36.9. The lowest BCUT2D eigenvalue weighted by molar-refractivity contribution is -0.0229. The minimum atomic E-state index is 0.248. The number of hydrogen-bond acceptors (Lipinski definition) is 1. The lowest BCUT2D eigenvalue weighted by Crippen LogP contribution is -2.53. The van der Waals surface area contributed by atoms with E-state index in [1.54, 1.807) is 11.1 Å². The summed E-state index contributed by atoms with van der Waals surface area (Å²) in [6.45, 7) is 12.4. The fourth-order valence-electron chi connectivity index (χ4n) is 8.89. The van der Waals surface area contributed by atoms with Gasteiger partial charge < -0.3 is 0 Å². The van der Waals surface area contributed by atoms with Crippen LogP contribution in [0.4, 0.5) is 0 Å². The molecule has 1 heteroatoms. The van der Waals surface area contributed by atoms with Crippen LogP contribution in [0.5, 0.6) is 0 Å². The molecule has 0 radical (unpaired) electrons. The van der Waals surface area contributed by atoms with Gasteiger partial charge >= 0.3 is 0 Å². The van der Waals surface area contributed by atoms with Crippen LogP contribution in [0, 0.1) is 28.6 Å². The summed E-state index contributed by atoms with van der Waals surface area (Å²) in [6.07, 6.45) is 14.7. The molecule has 6 rings (SSSR count). The minimum Gasteiger partial charge on any atom is -0.298 e. The van der Waals surface area contributed by atoms with Gasteiger partial charge in [-0.05, 0) is 129 Å². The van der Waals surface area contributed by atoms with Crippen molar-refractivity contribution >= 4 is 16.3 Å². The Bertz CT molecular complexity index is 1190. The van der Waals surface area contributed by atoms with Crippen molar-refractivity contribution in [1.29, 1.82) is 0 Å². The van der Waals surface area contributed by atoms with E-state index in [2.05, 4.69) is 101 Å². The predicted molar refractivity (Wildman–Crippen MR) is 150 cm³/mol. The van der Waals surface area contributed by atoms with Crippen molar-refractivity contribution in [2.24, 2.45) is 28.6 Å². The van der Waals surface area contributed by atoms with Crippen LogP contribution in [0.2, 0.25) is 0 Å².